The summed E-state index contributed by atoms with van der Waals surface area (Å²) in [5.41, 5.74) is 4.62. The molecule has 4 N–H and O–H groups in total. The molecule has 3 aromatic heterocycles. The summed E-state index contributed by atoms with van der Waals surface area (Å²) in [4.78, 5) is 28.5. The SMILES string of the molecule is Bc1cnn2c(NCc3cccnc3)cc(C3CCN(C(=O)Nc4cccc(ON)c4)CC3)nc12. The van der Waals surface area contributed by atoms with Gasteiger partial charge in [0.2, 0.25) is 0 Å². The van der Waals surface area contributed by atoms with Crippen LogP contribution in [0.1, 0.15) is 30.0 Å². The van der Waals surface area contributed by atoms with Crippen LogP contribution >= 0.6 is 0 Å². The molecule has 10 nitrogen and oxygen atoms in total. The Balaban J connectivity index is 1.27. The molecule has 2 amide bonds. The Hall–Kier alpha value is -4.12. The number of nitrogens with two attached hydrogens (primary N) is 1. The van der Waals surface area contributed by atoms with Gasteiger partial charge in [0, 0.05) is 67.7 Å². The lowest BCUT2D eigenvalue weighted by atomic mass is 9.93. The minimum Gasteiger partial charge on any atom is -0.411 e. The van der Waals surface area contributed by atoms with Gasteiger partial charge in [-0.3, -0.25) is 4.98 Å². The number of aromatic nitrogens is 4. The topological polar surface area (TPSA) is 123 Å². The average molecular weight is 470 g/mol. The molecule has 35 heavy (non-hydrogen) atoms. The quantitative estimate of drug-likeness (QED) is 0.289. The first-order valence-corrected chi connectivity index (χ1v) is 11.6. The summed E-state index contributed by atoms with van der Waals surface area (Å²) < 4.78 is 1.84. The molecule has 0 saturated carbocycles. The fourth-order valence-electron chi connectivity index (χ4n) is 4.35. The highest BCUT2D eigenvalue weighted by Gasteiger charge is 2.26. The molecule has 4 heterocycles. The number of rotatable bonds is 6. The number of urea groups is 1. The number of nitrogens with one attached hydrogen (secondary N) is 2. The summed E-state index contributed by atoms with van der Waals surface area (Å²) in [5, 5.41) is 10.9. The number of carbonyl (C=O) groups excluding carboxylic acids is 1. The van der Waals surface area contributed by atoms with Crippen molar-refractivity contribution in [3.63, 3.8) is 0 Å². The van der Waals surface area contributed by atoms with Crippen LogP contribution in [0, 0.1) is 0 Å². The first kappa shape index (κ1) is 22.7. The third-order valence-corrected chi connectivity index (χ3v) is 6.29. The fourth-order valence-corrected chi connectivity index (χ4v) is 4.35. The monoisotopic (exact) mass is 470 g/mol. The van der Waals surface area contributed by atoms with E-state index in [9.17, 15) is 4.79 Å². The van der Waals surface area contributed by atoms with Crippen molar-refractivity contribution in [1.82, 2.24) is 24.5 Å². The van der Waals surface area contributed by atoms with E-state index in [1.54, 1.807) is 30.5 Å². The maximum atomic E-state index is 12.8. The minimum atomic E-state index is -0.133. The van der Waals surface area contributed by atoms with Crippen LogP contribution in [0.2, 0.25) is 0 Å². The number of likely N-dealkylation sites (tertiary alicyclic amines) is 1. The van der Waals surface area contributed by atoms with Gasteiger partial charge in [-0.25, -0.2) is 9.78 Å². The molecule has 1 saturated heterocycles. The highest BCUT2D eigenvalue weighted by molar-refractivity contribution is 6.36. The van der Waals surface area contributed by atoms with Crippen LogP contribution in [0.3, 0.4) is 0 Å². The second kappa shape index (κ2) is 10.0. The zero-order chi connectivity index (χ0) is 24.2. The number of benzene rings is 1. The van der Waals surface area contributed by atoms with Crippen molar-refractivity contribution in [2.45, 2.75) is 25.3 Å². The zero-order valence-corrected chi connectivity index (χ0v) is 19.5. The van der Waals surface area contributed by atoms with Crippen molar-refractivity contribution in [2.24, 2.45) is 5.90 Å². The smallest absolute Gasteiger partial charge is 0.321 e. The van der Waals surface area contributed by atoms with Crippen LogP contribution in [0.5, 0.6) is 5.75 Å². The Morgan fingerprint density at radius 1 is 1.17 bits per heavy atom. The summed E-state index contributed by atoms with van der Waals surface area (Å²) >= 11 is 0. The second-order valence-corrected chi connectivity index (χ2v) is 8.68. The Labute approximate surface area is 203 Å². The van der Waals surface area contributed by atoms with E-state index in [1.807, 2.05) is 41.8 Å². The number of piperidine rings is 1. The molecule has 11 heteroatoms. The van der Waals surface area contributed by atoms with Crippen LogP contribution in [-0.2, 0) is 6.54 Å². The number of amides is 2. The fraction of sp³-hybridized carbons (Fsp3) is 0.250. The molecule has 0 bridgehead atoms. The molecular formula is C24H27BN8O2. The molecule has 1 fully saturated rings. The van der Waals surface area contributed by atoms with Crippen molar-refractivity contribution in [1.29, 1.82) is 0 Å². The predicted molar refractivity (Wildman–Crippen MR) is 137 cm³/mol. The predicted octanol–water partition coefficient (Wildman–Crippen LogP) is 1.66. The highest BCUT2D eigenvalue weighted by Crippen LogP contribution is 2.29. The summed E-state index contributed by atoms with van der Waals surface area (Å²) in [5.74, 6) is 6.86. The van der Waals surface area contributed by atoms with Gasteiger partial charge >= 0.3 is 6.03 Å². The van der Waals surface area contributed by atoms with E-state index in [4.69, 9.17) is 15.7 Å². The third kappa shape index (κ3) is 5.04. The van der Waals surface area contributed by atoms with Gasteiger partial charge in [-0.1, -0.05) is 12.1 Å². The standard InChI is InChI=1S/C24H27BN8O2/c25-20-15-29-33-22(28-14-16-3-2-8-27-13-16)12-21(31-23(20)33)17-6-9-32(10-7-17)24(34)30-18-4-1-5-19(11-18)35-26/h1-5,8,11-13,15,17,28H,6-7,9-10,14,25-26H2,(H,30,34). The summed E-state index contributed by atoms with van der Waals surface area (Å²) in [6, 6.07) is 12.9. The van der Waals surface area contributed by atoms with E-state index in [0.717, 1.165) is 41.0 Å². The van der Waals surface area contributed by atoms with Gasteiger partial charge in [0.05, 0.1) is 0 Å². The van der Waals surface area contributed by atoms with E-state index in [1.165, 1.54) is 0 Å². The molecule has 0 spiro atoms. The zero-order valence-electron chi connectivity index (χ0n) is 19.5. The van der Waals surface area contributed by atoms with E-state index in [0.29, 0.717) is 31.1 Å². The summed E-state index contributed by atoms with van der Waals surface area (Å²) in [6.45, 7) is 1.93. The van der Waals surface area contributed by atoms with Crippen LogP contribution in [0.15, 0.2) is 61.1 Å². The molecule has 0 aliphatic carbocycles. The average Bonchev–Trinajstić information content (AvgIpc) is 3.28. The molecular weight excluding hydrogens is 443 g/mol. The first-order valence-electron chi connectivity index (χ1n) is 11.6. The highest BCUT2D eigenvalue weighted by atomic mass is 16.6. The van der Waals surface area contributed by atoms with Crippen molar-refractivity contribution in [3.05, 3.63) is 72.3 Å². The maximum absolute atomic E-state index is 12.8. The third-order valence-electron chi connectivity index (χ3n) is 6.29. The van der Waals surface area contributed by atoms with Crippen LogP contribution in [0.4, 0.5) is 16.3 Å². The number of hydrogen-bond donors (Lipinski definition) is 3. The molecule has 5 rings (SSSR count). The van der Waals surface area contributed by atoms with E-state index >= 15 is 0 Å². The van der Waals surface area contributed by atoms with E-state index in [2.05, 4.69) is 26.8 Å². The second-order valence-electron chi connectivity index (χ2n) is 8.68. The number of carbonyl (C=O) groups is 1. The minimum absolute atomic E-state index is 0.133. The van der Waals surface area contributed by atoms with Gasteiger partial charge < -0.3 is 20.4 Å². The lowest BCUT2D eigenvalue weighted by Crippen LogP contribution is -2.40. The number of anilines is 2. The number of hydrogen-bond acceptors (Lipinski definition) is 7. The van der Waals surface area contributed by atoms with Gasteiger partial charge in [-0.2, -0.15) is 15.5 Å². The Bertz CT molecular complexity index is 1320. The summed E-state index contributed by atoms with van der Waals surface area (Å²) in [7, 11) is 2.02. The van der Waals surface area contributed by atoms with Gasteiger partial charge in [-0.05, 0) is 42.1 Å². The molecule has 178 valence electrons. The molecule has 4 aromatic rings. The van der Waals surface area contributed by atoms with E-state index in [-0.39, 0.29) is 11.9 Å². The van der Waals surface area contributed by atoms with Crippen molar-refractivity contribution in [3.8, 4) is 5.75 Å². The normalized spacial score (nSPS) is 14.1. The molecule has 1 aliphatic heterocycles. The Kier molecular flexibility index (Phi) is 6.49. The van der Waals surface area contributed by atoms with Crippen molar-refractivity contribution in [2.75, 3.05) is 23.7 Å². The Morgan fingerprint density at radius 2 is 2.03 bits per heavy atom. The summed E-state index contributed by atoms with van der Waals surface area (Å²) in [6.07, 6.45) is 7.11. The first-order chi connectivity index (χ1) is 17.1. The van der Waals surface area contributed by atoms with Gasteiger partial charge in [0.15, 0.2) is 5.65 Å². The molecule has 0 unspecified atom stereocenters. The largest absolute Gasteiger partial charge is 0.411 e. The van der Waals surface area contributed by atoms with Crippen LogP contribution in [0.25, 0.3) is 5.65 Å². The van der Waals surface area contributed by atoms with Gasteiger partial charge in [-0.15, -0.1) is 0 Å². The lowest BCUT2D eigenvalue weighted by molar-refractivity contribution is 0.194. The van der Waals surface area contributed by atoms with Crippen molar-refractivity contribution < 1.29 is 9.63 Å². The van der Waals surface area contributed by atoms with Crippen molar-refractivity contribution >= 4 is 36.5 Å². The number of fused-ring (bicyclic) bond motifs is 1. The van der Waals surface area contributed by atoms with Crippen LogP contribution < -0.4 is 26.8 Å². The van der Waals surface area contributed by atoms with Crippen LogP contribution in [-0.4, -0.2) is 51.4 Å². The maximum Gasteiger partial charge on any atom is 0.321 e. The molecule has 1 aliphatic rings. The molecule has 0 radical (unpaired) electrons. The Morgan fingerprint density at radius 3 is 2.80 bits per heavy atom. The number of pyridine rings is 1. The lowest BCUT2D eigenvalue weighted by Gasteiger charge is -2.32. The van der Waals surface area contributed by atoms with Gasteiger partial charge in [0.1, 0.15) is 19.4 Å². The number of nitrogens with zero attached hydrogens (tertiary/aromatic N) is 5. The molecule has 1 aromatic carbocycles. The van der Waals surface area contributed by atoms with E-state index < -0.39 is 0 Å². The van der Waals surface area contributed by atoms with Gasteiger partial charge in [0.25, 0.3) is 0 Å². The molecule has 0 atom stereocenters.